The predicted molar refractivity (Wildman–Crippen MR) is 116 cm³/mol. The molecule has 2 rings (SSSR count). The molecule has 1 heterocycles. The van der Waals surface area contributed by atoms with Crippen molar-refractivity contribution in [2.24, 2.45) is 16.3 Å². The van der Waals surface area contributed by atoms with Crippen LogP contribution in [0.2, 0.25) is 0 Å². The molecule has 1 aliphatic rings. The van der Waals surface area contributed by atoms with Crippen molar-refractivity contribution in [1.29, 1.82) is 0 Å². The van der Waals surface area contributed by atoms with E-state index in [0.29, 0.717) is 29.7 Å². The zero-order valence-corrected chi connectivity index (χ0v) is 18.9. The van der Waals surface area contributed by atoms with E-state index in [4.69, 9.17) is 18.9 Å². The third kappa shape index (κ3) is 6.16. The number of hydrogen-bond donors (Lipinski definition) is 2. The molecule has 2 atom stereocenters. The van der Waals surface area contributed by atoms with Crippen LogP contribution < -0.4 is 24.8 Å². The van der Waals surface area contributed by atoms with Crippen molar-refractivity contribution < 1.29 is 18.9 Å². The average Bonchev–Trinajstić information content (AvgIpc) is 2.72. The van der Waals surface area contributed by atoms with Crippen LogP contribution in [0.4, 0.5) is 0 Å². The van der Waals surface area contributed by atoms with Gasteiger partial charge in [-0.05, 0) is 18.3 Å². The second-order valence-corrected chi connectivity index (χ2v) is 8.38. The minimum Gasteiger partial charge on any atom is -0.496 e. The van der Waals surface area contributed by atoms with Gasteiger partial charge in [0.05, 0.1) is 39.5 Å². The summed E-state index contributed by atoms with van der Waals surface area (Å²) in [7, 11) is 6.68. The monoisotopic (exact) mass is 407 g/mol. The summed E-state index contributed by atoms with van der Waals surface area (Å²) >= 11 is 0. The molecule has 0 spiro atoms. The second kappa shape index (κ2) is 10.6. The van der Waals surface area contributed by atoms with Gasteiger partial charge in [-0.25, -0.2) is 0 Å². The molecule has 0 amide bonds. The molecule has 1 aliphatic heterocycles. The van der Waals surface area contributed by atoms with Crippen molar-refractivity contribution in [1.82, 2.24) is 10.6 Å². The van der Waals surface area contributed by atoms with Crippen molar-refractivity contribution in [2.75, 3.05) is 41.5 Å². The normalized spacial score (nSPS) is 20.2. The molecule has 0 radical (unpaired) electrons. The highest BCUT2D eigenvalue weighted by atomic mass is 16.5. The first kappa shape index (κ1) is 23.1. The first-order valence-corrected chi connectivity index (χ1v) is 10.2. The van der Waals surface area contributed by atoms with E-state index in [1.165, 1.54) is 0 Å². The quantitative estimate of drug-likeness (QED) is 0.534. The van der Waals surface area contributed by atoms with Crippen LogP contribution >= 0.6 is 0 Å². The number of nitrogens with one attached hydrogen (secondary N) is 2. The largest absolute Gasteiger partial charge is 0.496 e. The van der Waals surface area contributed by atoms with Crippen LogP contribution in [0.3, 0.4) is 0 Å². The number of ether oxygens (including phenoxy) is 4. The highest BCUT2D eigenvalue weighted by molar-refractivity contribution is 5.79. The van der Waals surface area contributed by atoms with Crippen LogP contribution in [0.5, 0.6) is 17.2 Å². The molecule has 2 unspecified atom stereocenters. The Balaban J connectivity index is 2.02. The van der Waals surface area contributed by atoms with E-state index in [-0.39, 0.29) is 11.5 Å². The minimum absolute atomic E-state index is 0.119. The van der Waals surface area contributed by atoms with Gasteiger partial charge in [0.2, 0.25) is 0 Å². The second-order valence-electron chi connectivity index (χ2n) is 8.38. The number of guanidine groups is 1. The Kier molecular flexibility index (Phi) is 8.44. The highest BCUT2D eigenvalue weighted by Crippen LogP contribution is 2.34. The Hall–Kier alpha value is -2.15. The summed E-state index contributed by atoms with van der Waals surface area (Å²) in [5, 5.41) is 6.82. The molecule has 1 aromatic carbocycles. The van der Waals surface area contributed by atoms with Crippen LogP contribution in [-0.4, -0.2) is 53.6 Å². The van der Waals surface area contributed by atoms with E-state index in [1.807, 2.05) is 12.1 Å². The van der Waals surface area contributed by atoms with E-state index >= 15 is 0 Å². The third-order valence-electron chi connectivity index (χ3n) is 5.30. The van der Waals surface area contributed by atoms with Crippen molar-refractivity contribution in [3.8, 4) is 17.2 Å². The Morgan fingerprint density at radius 1 is 1.10 bits per heavy atom. The molecule has 0 aromatic heterocycles. The molecule has 1 saturated heterocycles. The third-order valence-corrected chi connectivity index (χ3v) is 5.30. The van der Waals surface area contributed by atoms with E-state index in [2.05, 4.69) is 36.4 Å². The number of benzene rings is 1. The van der Waals surface area contributed by atoms with Crippen molar-refractivity contribution in [2.45, 2.75) is 46.3 Å². The van der Waals surface area contributed by atoms with Gasteiger partial charge in [-0.3, -0.25) is 4.99 Å². The van der Waals surface area contributed by atoms with Crippen LogP contribution in [0.15, 0.2) is 17.1 Å². The van der Waals surface area contributed by atoms with Crippen molar-refractivity contribution >= 4 is 5.96 Å². The smallest absolute Gasteiger partial charge is 0.191 e. The maximum Gasteiger partial charge on any atom is 0.191 e. The Morgan fingerprint density at radius 2 is 1.76 bits per heavy atom. The summed E-state index contributed by atoms with van der Waals surface area (Å²) < 4.78 is 22.5. The van der Waals surface area contributed by atoms with Crippen molar-refractivity contribution in [3.05, 3.63) is 17.7 Å². The van der Waals surface area contributed by atoms with Gasteiger partial charge in [-0.15, -0.1) is 0 Å². The SMILES string of the molecule is CN=C(NCc1c(OC)cc(OC)cc1OC)NCC1CCCOC1C(C)(C)C. The van der Waals surface area contributed by atoms with Crippen LogP contribution in [0, 0.1) is 11.3 Å². The Labute approximate surface area is 175 Å². The minimum atomic E-state index is 0.119. The maximum absolute atomic E-state index is 6.09. The number of methoxy groups -OCH3 is 3. The molecule has 2 N–H and O–H groups in total. The average molecular weight is 408 g/mol. The lowest BCUT2D eigenvalue weighted by molar-refractivity contribution is -0.0835. The van der Waals surface area contributed by atoms with Gasteiger partial charge in [-0.1, -0.05) is 20.8 Å². The van der Waals surface area contributed by atoms with E-state index < -0.39 is 0 Å². The summed E-state index contributed by atoms with van der Waals surface area (Å²) in [5.41, 5.74) is 1.03. The van der Waals surface area contributed by atoms with Gasteiger partial charge >= 0.3 is 0 Å². The van der Waals surface area contributed by atoms with Gasteiger partial charge in [0, 0.05) is 38.2 Å². The number of nitrogens with zero attached hydrogens (tertiary/aromatic N) is 1. The molecule has 0 aliphatic carbocycles. The molecule has 164 valence electrons. The van der Waals surface area contributed by atoms with Crippen LogP contribution in [0.1, 0.15) is 39.2 Å². The van der Waals surface area contributed by atoms with Gasteiger partial charge in [0.25, 0.3) is 0 Å². The lowest BCUT2D eigenvalue weighted by Crippen LogP contribution is -2.47. The first-order valence-electron chi connectivity index (χ1n) is 10.2. The van der Waals surface area contributed by atoms with Gasteiger partial charge in [0.1, 0.15) is 17.2 Å². The lowest BCUT2D eigenvalue weighted by atomic mass is 9.78. The number of aliphatic imine (C=N–C) groups is 1. The highest BCUT2D eigenvalue weighted by Gasteiger charge is 2.35. The topological polar surface area (TPSA) is 73.3 Å². The molecule has 7 nitrogen and oxygen atoms in total. The lowest BCUT2D eigenvalue weighted by Gasteiger charge is -2.40. The van der Waals surface area contributed by atoms with E-state index in [9.17, 15) is 0 Å². The molecule has 29 heavy (non-hydrogen) atoms. The summed E-state index contributed by atoms with van der Waals surface area (Å²) in [5.74, 6) is 3.29. The Bertz CT molecular complexity index is 660. The summed E-state index contributed by atoms with van der Waals surface area (Å²) in [4.78, 5) is 4.37. The fourth-order valence-electron chi connectivity index (χ4n) is 3.88. The van der Waals surface area contributed by atoms with E-state index in [0.717, 1.165) is 37.5 Å². The molecule has 0 saturated carbocycles. The van der Waals surface area contributed by atoms with Crippen LogP contribution in [0.25, 0.3) is 0 Å². The van der Waals surface area contributed by atoms with Gasteiger partial charge in [0.15, 0.2) is 5.96 Å². The zero-order valence-electron chi connectivity index (χ0n) is 18.9. The number of rotatable bonds is 7. The first-order chi connectivity index (χ1) is 13.8. The molecular formula is C22H37N3O4. The molecule has 1 aromatic rings. The van der Waals surface area contributed by atoms with Crippen LogP contribution in [-0.2, 0) is 11.3 Å². The van der Waals surface area contributed by atoms with E-state index in [1.54, 1.807) is 28.4 Å². The molecular weight excluding hydrogens is 370 g/mol. The summed E-state index contributed by atoms with van der Waals surface area (Å²) in [6.07, 6.45) is 2.50. The summed E-state index contributed by atoms with van der Waals surface area (Å²) in [6, 6.07) is 3.70. The zero-order chi connectivity index (χ0) is 21.4. The Morgan fingerprint density at radius 3 is 2.28 bits per heavy atom. The number of hydrogen-bond acceptors (Lipinski definition) is 5. The van der Waals surface area contributed by atoms with Crippen molar-refractivity contribution in [3.63, 3.8) is 0 Å². The summed E-state index contributed by atoms with van der Waals surface area (Å²) in [6.45, 7) is 8.91. The molecule has 0 bridgehead atoms. The standard InChI is InChI=1S/C22H37N3O4/c1-22(2,3)20-15(9-8-10-29-20)13-24-21(23-4)25-14-17-18(27-6)11-16(26-5)12-19(17)28-7/h11-12,15,20H,8-10,13-14H2,1-7H3,(H2,23,24,25). The van der Waals surface area contributed by atoms with Gasteiger partial charge < -0.3 is 29.6 Å². The van der Waals surface area contributed by atoms with Gasteiger partial charge in [-0.2, -0.15) is 0 Å². The fraction of sp³-hybridized carbons (Fsp3) is 0.682. The molecule has 7 heteroatoms. The maximum atomic E-state index is 6.09. The fourth-order valence-corrected chi connectivity index (χ4v) is 3.88. The molecule has 1 fully saturated rings. The predicted octanol–water partition coefficient (Wildman–Crippen LogP) is 3.22.